The van der Waals surface area contributed by atoms with Crippen molar-refractivity contribution in [3.05, 3.63) is 99.6 Å². The van der Waals surface area contributed by atoms with Gasteiger partial charge in [-0.1, -0.05) is 60.7 Å². The second-order valence-electron chi connectivity index (χ2n) is 8.37. The SMILES string of the molecule is CCc1cc(OCc2cccc(OCc3ccccc3)c2)c2cc(-c3cnc4sc(Br)nn34)oc2c1. The molecule has 3 aromatic heterocycles. The standard InChI is InChI=1S/C28H22BrN3O3S/c1-2-18-12-24(34-17-20-9-6-10-21(11-20)33-16-19-7-4-3-5-8-19)22-14-26(35-25(22)13-18)23-15-30-28-32(23)31-27(29)36-28/h3-15H,2,16-17H2,1H3. The largest absolute Gasteiger partial charge is 0.489 e. The maximum atomic E-state index is 6.33. The molecule has 0 unspecified atom stereocenters. The van der Waals surface area contributed by atoms with Crippen LogP contribution in [0.25, 0.3) is 27.4 Å². The Morgan fingerprint density at radius 2 is 1.75 bits per heavy atom. The highest BCUT2D eigenvalue weighted by Crippen LogP contribution is 2.36. The van der Waals surface area contributed by atoms with Crippen molar-refractivity contribution in [3.63, 3.8) is 0 Å². The van der Waals surface area contributed by atoms with Gasteiger partial charge < -0.3 is 13.9 Å². The Labute approximate surface area is 220 Å². The summed E-state index contributed by atoms with van der Waals surface area (Å²) in [5.74, 6) is 2.30. The van der Waals surface area contributed by atoms with Crippen LogP contribution in [0.4, 0.5) is 0 Å². The van der Waals surface area contributed by atoms with E-state index in [1.807, 2.05) is 48.5 Å². The quantitative estimate of drug-likeness (QED) is 0.191. The summed E-state index contributed by atoms with van der Waals surface area (Å²) in [5.41, 5.74) is 4.89. The first-order valence-corrected chi connectivity index (χ1v) is 13.2. The third kappa shape index (κ3) is 4.62. The molecule has 0 fully saturated rings. The Kier molecular flexibility index (Phi) is 6.21. The number of rotatable bonds is 8. The zero-order valence-corrected chi connectivity index (χ0v) is 21.9. The minimum atomic E-state index is 0.418. The molecule has 6 nitrogen and oxygen atoms in total. The van der Waals surface area contributed by atoms with Crippen LogP contribution < -0.4 is 9.47 Å². The van der Waals surface area contributed by atoms with Crippen molar-refractivity contribution in [1.82, 2.24) is 14.6 Å². The summed E-state index contributed by atoms with van der Waals surface area (Å²) in [4.78, 5) is 5.25. The van der Waals surface area contributed by atoms with Gasteiger partial charge in [-0.25, -0.2) is 4.98 Å². The Bertz CT molecular complexity index is 1660. The molecule has 0 saturated heterocycles. The number of aromatic nitrogens is 3. The van der Waals surface area contributed by atoms with Gasteiger partial charge in [-0.3, -0.25) is 0 Å². The van der Waals surface area contributed by atoms with E-state index in [0.29, 0.717) is 19.0 Å². The topological polar surface area (TPSA) is 61.8 Å². The van der Waals surface area contributed by atoms with Crippen molar-refractivity contribution >= 4 is 43.2 Å². The molecule has 0 radical (unpaired) electrons. The number of aryl methyl sites for hydroxylation is 1. The molecular formula is C28H22BrN3O3S. The van der Waals surface area contributed by atoms with E-state index in [9.17, 15) is 0 Å². The predicted molar refractivity (Wildman–Crippen MR) is 145 cm³/mol. The van der Waals surface area contributed by atoms with Crippen molar-refractivity contribution in [2.75, 3.05) is 0 Å². The summed E-state index contributed by atoms with van der Waals surface area (Å²) in [7, 11) is 0. The molecule has 0 spiro atoms. The molecule has 0 aliphatic rings. The minimum Gasteiger partial charge on any atom is -0.489 e. The van der Waals surface area contributed by atoms with Crippen molar-refractivity contribution in [2.45, 2.75) is 26.6 Å². The molecule has 3 heterocycles. The van der Waals surface area contributed by atoms with E-state index in [-0.39, 0.29) is 0 Å². The lowest BCUT2D eigenvalue weighted by Crippen LogP contribution is -1.99. The van der Waals surface area contributed by atoms with E-state index < -0.39 is 0 Å². The van der Waals surface area contributed by atoms with Gasteiger partial charge in [0.25, 0.3) is 0 Å². The van der Waals surface area contributed by atoms with Gasteiger partial charge in [-0.05, 0) is 69.4 Å². The molecule has 0 amide bonds. The molecule has 0 atom stereocenters. The van der Waals surface area contributed by atoms with E-state index >= 15 is 0 Å². The van der Waals surface area contributed by atoms with Crippen LogP contribution in [0.15, 0.2) is 87.3 Å². The van der Waals surface area contributed by atoms with E-state index in [4.69, 9.17) is 13.9 Å². The number of benzene rings is 3. The van der Waals surface area contributed by atoms with Crippen LogP contribution in [0.5, 0.6) is 11.5 Å². The van der Waals surface area contributed by atoms with Gasteiger partial charge in [0.15, 0.2) is 9.68 Å². The highest BCUT2D eigenvalue weighted by Gasteiger charge is 2.17. The molecule has 180 valence electrons. The molecule has 0 bridgehead atoms. The fraction of sp³-hybridized carbons (Fsp3) is 0.143. The van der Waals surface area contributed by atoms with Crippen LogP contribution in [0.3, 0.4) is 0 Å². The van der Waals surface area contributed by atoms with Crippen molar-refractivity contribution in [3.8, 4) is 23.0 Å². The molecule has 0 N–H and O–H groups in total. The van der Waals surface area contributed by atoms with E-state index in [1.165, 1.54) is 11.3 Å². The average molecular weight is 560 g/mol. The van der Waals surface area contributed by atoms with Gasteiger partial charge in [0, 0.05) is 0 Å². The lowest BCUT2D eigenvalue weighted by atomic mass is 10.1. The van der Waals surface area contributed by atoms with Crippen LogP contribution in [-0.2, 0) is 19.6 Å². The highest BCUT2D eigenvalue weighted by molar-refractivity contribution is 9.11. The van der Waals surface area contributed by atoms with Gasteiger partial charge in [-0.2, -0.15) is 4.52 Å². The number of nitrogens with zero attached hydrogens (tertiary/aromatic N) is 3. The van der Waals surface area contributed by atoms with Gasteiger partial charge in [0.2, 0.25) is 4.96 Å². The zero-order valence-electron chi connectivity index (χ0n) is 19.5. The highest BCUT2D eigenvalue weighted by atomic mass is 79.9. The number of imidazole rings is 1. The first kappa shape index (κ1) is 22.8. The van der Waals surface area contributed by atoms with Crippen LogP contribution >= 0.6 is 27.3 Å². The van der Waals surface area contributed by atoms with Crippen molar-refractivity contribution < 1.29 is 13.9 Å². The molecule has 6 aromatic rings. The van der Waals surface area contributed by atoms with E-state index in [0.717, 1.165) is 60.2 Å². The van der Waals surface area contributed by atoms with Crippen molar-refractivity contribution in [2.24, 2.45) is 0 Å². The predicted octanol–water partition coefficient (Wildman–Crippen LogP) is 7.69. The van der Waals surface area contributed by atoms with Crippen molar-refractivity contribution in [1.29, 1.82) is 0 Å². The van der Waals surface area contributed by atoms with Gasteiger partial charge in [0.1, 0.15) is 36.0 Å². The summed E-state index contributed by atoms with van der Waals surface area (Å²) >= 11 is 4.91. The molecule has 0 aliphatic heterocycles. The van der Waals surface area contributed by atoms with Crippen LogP contribution in [0, 0.1) is 0 Å². The monoisotopic (exact) mass is 559 g/mol. The minimum absolute atomic E-state index is 0.418. The molecule has 6 rings (SSSR count). The summed E-state index contributed by atoms with van der Waals surface area (Å²) in [6.45, 7) is 3.07. The number of hydrogen-bond donors (Lipinski definition) is 0. The lowest BCUT2D eigenvalue weighted by molar-refractivity contribution is 0.297. The van der Waals surface area contributed by atoms with Gasteiger partial charge >= 0.3 is 0 Å². The summed E-state index contributed by atoms with van der Waals surface area (Å²) < 4.78 is 21.1. The molecule has 36 heavy (non-hydrogen) atoms. The van der Waals surface area contributed by atoms with E-state index in [2.05, 4.69) is 57.2 Å². The second kappa shape index (κ2) is 9.79. The maximum Gasteiger partial charge on any atom is 0.213 e. The number of furan rings is 1. The fourth-order valence-electron chi connectivity index (χ4n) is 4.08. The normalized spacial score (nSPS) is 11.4. The van der Waals surface area contributed by atoms with E-state index in [1.54, 1.807) is 10.7 Å². The number of halogens is 1. The first-order valence-electron chi connectivity index (χ1n) is 11.6. The third-order valence-electron chi connectivity index (χ3n) is 5.92. The Morgan fingerprint density at radius 3 is 2.61 bits per heavy atom. The maximum absolute atomic E-state index is 6.33. The molecule has 8 heteroatoms. The Hall–Kier alpha value is -3.62. The average Bonchev–Trinajstić information content (AvgIpc) is 3.60. The number of hydrogen-bond acceptors (Lipinski definition) is 6. The zero-order chi connectivity index (χ0) is 24.5. The smallest absolute Gasteiger partial charge is 0.213 e. The van der Waals surface area contributed by atoms with Crippen LogP contribution in [0.1, 0.15) is 23.6 Å². The molecule has 0 saturated carbocycles. The molecular weight excluding hydrogens is 538 g/mol. The third-order valence-corrected chi connectivity index (χ3v) is 7.28. The molecule has 3 aromatic carbocycles. The number of fused-ring (bicyclic) bond motifs is 2. The van der Waals surface area contributed by atoms with Gasteiger partial charge in [-0.15, -0.1) is 5.10 Å². The summed E-state index contributed by atoms with van der Waals surface area (Å²) in [6.07, 6.45) is 2.66. The first-order chi connectivity index (χ1) is 17.7. The molecule has 0 aliphatic carbocycles. The Balaban J connectivity index is 1.25. The second-order valence-corrected chi connectivity index (χ2v) is 10.6. The van der Waals surface area contributed by atoms with Crippen LogP contribution in [0.2, 0.25) is 0 Å². The lowest BCUT2D eigenvalue weighted by Gasteiger charge is -2.11. The van der Waals surface area contributed by atoms with Crippen LogP contribution in [-0.4, -0.2) is 14.6 Å². The van der Waals surface area contributed by atoms with Gasteiger partial charge in [0.05, 0.1) is 11.6 Å². The Morgan fingerprint density at radius 1 is 0.917 bits per heavy atom. The fourth-order valence-corrected chi connectivity index (χ4v) is 5.27. The summed E-state index contributed by atoms with van der Waals surface area (Å²) in [6, 6.07) is 24.3. The number of ether oxygens (including phenoxy) is 2. The summed E-state index contributed by atoms with van der Waals surface area (Å²) in [5, 5.41) is 5.40.